The molecule has 0 radical (unpaired) electrons. The van der Waals surface area contributed by atoms with Crippen molar-refractivity contribution in [3.63, 3.8) is 0 Å². The van der Waals surface area contributed by atoms with Gasteiger partial charge >= 0.3 is 5.97 Å². The van der Waals surface area contributed by atoms with Crippen LogP contribution >= 0.6 is 0 Å². The predicted molar refractivity (Wildman–Crippen MR) is 64.8 cm³/mol. The quantitative estimate of drug-likeness (QED) is 0.275. The van der Waals surface area contributed by atoms with Gasteiger partial charge in [0.25, 0.3) is 0 Å². The summed E-state index contributed by atoms with van der Waals surface area (Å²) in [5.74, 6) is -0.294. The Morgan fingerprint density at radius 3 is 2.50 bits per heavy atom. The van der Waals surface area contributed by atoms with E-state index in [1.165, 1.54) is 12.5 Å². The maximum absolute atomic E-state index is 11.1. The second kappa shape index (κ2) is 8.34. The monoisotopic (exact) mass is 228 g/mol. The Hall–Kier alpha value is -0.830. The van der Waals surface area contributed by atoms with E-state index < -0.39 is 0 Å². The SMILES string of the molecule is C=CCOOC(=O)CCCCCC(C)(C)C. The number of rotatable bonds is 8. The lowest BCUT2D eigenvalue weighted by atomic mass is 9.89. The largest absolute Gasteiger partial charge is 0.342 e. The van der Waals surface area contributed by atoms with Crippen molar-refractivity contribution < 1.29 is 14.6 Å². The van der Waals surface area contributed by atoms with Gasteiger partial charge in [0.2, 0.25) is 0 Å². The first-order valence-corrected chi connectivity index (χ1v) is 5.89. The van der Waals surface area contributed by atoms with E-state index in [0.29, 0.717) is 11.8 Å². The Morgan fingerprint density at radius 2 is 1.94 bits per heavy atom. The summed E-state index contributed by atoms with van der Waals surface area (Å²) < 4.78 is 0. The van der Waals surface area contributed by atoms with Crippen LogP contribution < -0.4 is 0 Å². The van der Waals surface area contributed by atoms with Gasteiger partial charge in [-0.2, -0.15) is 4.89 Å². The lowest BCUT2D eigenvalue weighted by Gasteiger charge is -2.17. The number of unbranched alkanes of at least 4 members (excludes halogenated alkanes) is 2. The van der Waals surface area contributed by atoms with Crippen molar-refractivity contribution >= 4 is 5.97 Å². The molecule has 0 aliphatic rings. The first kappa shape index (κ1) is 15.2. The van der Waals surface area contributed by atoms with Crippen LogP contribution in [0.1, 0.15) is 52.9 Å². The Labute approximate surface area is 98.7 Å². The smallest absolute Gasteiger partial charge is 0.298 e. The highest BCUT2D eigenvalue weighted by Gasteiger charge is 2.09. The molecule has 0 aliphatic carbocycles. The van der Waals surface area contributed by atoms with Gasteiger partial charge in [0.05, 0.1) is 0 Å². The van der Waals surface area contributed by atoms with Crippen LogP contribution in [0.5, 0.6) is 0 Å². The molecule has 0 amide bonds. The van der Waals surface area contributed by atoms with E-state index in [1.54, 1.807) is 0 Å². The van der Waals surface area contributed by atoms with E-state index in [9.17, 15) is 4.79 Å². The highest BCUT2D eigenvalue weighted by atomic mass is 17.2. The standard InChI is InChI=1S/C13H24O3/c1-5-11-15-16-12(14)9-7-6-8-10-13(2,3)4/h5H,1,6-11H2,2-4H3. The molecule has 0 aliphatic heterocycles. The molecule has 3 heteroatoms. The summed E-state index contributed by atoms with van der Waals surface area (Å²) >= 11 is 0. The average molecular weight is 228 g/mol. The number of carbonyl (C=O) groups is 1. The number of hydrogen-bond acceptors (Lipinski definition) is 3. The van der Waals surface area contributed by atoms with E-state index in [2.05, 4.69) is 37.1 Å². The van der Waals surface area contributed by atoms with Crippen LogP contribution in [0.2, 0.25) is 0 Å². The van der Waals surface area contributed by atoms with Crippen LogP contribution in [0.3, 0.4) is 0 Å². The third-order valence-corrected chi connectivity index (χ3v) is 2.15. The van der Waals surface area contributed by atoms with Crippen molar-refractivity contribution in [3.8, 4) is 0 Å². The van der Waals surface area contributed by atoms with Crippen molar-refractivity contribution in [2.24, 2.45) is 5.41 Å². The molecule has 0 aromatic carbocycles. The van der Waals surface area contributed by atoms with E-state index in [0.717, 1.165) is 19.3 Å². The van der Waals surface area contributed by atoms with Gasteiger partial charge in [-0.3, -0.25) is 4.89 Å². The second-order valence-electron chi connectivity index (χ2n) is 5.15. The first-order chi connectivity index (χ1) is 7.45. The number of hydrogen-bond donors (Lipinski definition) is 0. The van der Waals surface area contributed by atoms with Crippen molar-refractivity contribution in [2.45, 2.75) is 52.9 Å². The molecule has 0 saturated heterocycles. The fourth-order valence-corrected chi connectivity index (χ4v) is 1.29. The Morgan fingerprint density at radius 1 is 1.25 bits per heavy atom. The Kier molecular flexibility index (Phi) is 7.90. The van der Waals surface area contributed by atoms with Crippen molar-refractivity contribution in [2.75, 3.05) is 6.61 Å². The van der Waals surface area contributed by atoms with Crippen molar-refractivity contribution in [1.29, 1.82) is 0 Å². The molecule has 0 aromatic rings. The van der Waals surface area contributed by atoms with Crippen LogP contribution in [-0.4, -0.2) is 12.6 Å². The average Bonchev–Trinajstić information content (AvgIpc) is 2.16. The summed E-state index contributed by atoms with van der Waals surface area (Å²) in [4.78, 5) is 20.2. The summed E-state index contributed by atoms with van der Waals surface area (Å²) in [5, 5.41) is 0. The van der Waals surface area contributed by atoms with E-state index >= 15 is 0 Å². The van der Waals surface area contributed by atoms with Crippen molar-refractivity contribution in [1.82, 2.24) is 0 Å². The molecule has 0 atom stereocenters. The van der Waals surface area contributed by atoms with Crippen LogP contribution in [0.25, 0.3) is 0 Å². The van der Waals surface area contributed by atoms with Crippen molar-refractivity contribution in [3.05, 3.63) is 12.7 Å². The van der Waals surface area contributed by atoms with Gasteiger partial charge in [0.15, 0.2) is 0 Å². The fraction of sp³-hybridized carbons (Fsp3) is 0.769. The van der Waals surface area contributed by atoms with Gasteiger partial charge in [-0.25, -0.2) is 4.79 Å². The van der Waals surface area contributed by atoms with Gasteiger partial charge in [0, 0.05) is 6.42 Å². The summed E-state index contributed by atoms with van der Waals surface area (Å²) in [5.41, 5.74) is 0.383. The highest BCUT2D eigenvalue weighted by molar-refractivity contribution is 5.68. The fourth-order valence-electron chi connectivity index (χ4n) is 1.29. The van der Waals surface area contributed by atoms with Gasteiger partial charge in [-0.1, -0.05) is 39.7 Å². The third-order valence-electron chi connectivity index (χ3n) is 2.15. The maximum Gasteiger partial charge on any atom is 0.342 e. The second-order valence-corrected chi connectivity index (χ2v) is 5.15. The third kappa shape index (κ3) is 11.2. The molecule has 0 bridgehead atoms. The summed E-state index contributed by atoms with van der Waals surface area (Å²) in [7, 11) is 0. The van der Waals surface area contributed by atoms with E-state index in [4.69, 9.17) is 0 Å². The van der Waals surface area contributed by atoms with E-state index in [1.807, 2.05) is 0 Å². The maximum atomic E-state index is 11.1. The molecule has 0 spiro atoms. The summed E-state index contributed by atoms with van der Waals surface area (Å²) in [6.07, 6.45) is 6.25. The van der Waals surface area contributed by atoms with Crippen LogP contribution in [0.4, 0.5) is 0 Å². The first-order valence-electron chi connectivity index (χ1n) is 5.89. The zero-order valence-corrected chi connectivity index (χ0v) is 10.8. The highest BCUT2D eigenvalue weighted by Crippen LogP contribution is 2.22. The number of carbonyl (C=O) groups excluding carboxylic acids is 1. The van der Waals surface area contributed by atoms with Crippen LogP contribution in [0, 0.1) is 5.41 Å². The van der Waals surface area contributed by atoms with Gasteiger partial charge in [-0.05, 0) is 18.3 Å². The Balaban J connectivity index is 3.31. The van der Waals surface area contributed by atoms with Gasteiger partial charge in [-0.15, -0.1) is 6.58 Å². The van der Waals surface area contributed by atoms with Crippen LogP contribution in [0.15, 0.2) is 12.7 Å². The normalized spacial score (nSPS) is 11.2. The zero-order chi connectivity index (χ0) is 12.4. The van der Waals surface area contributed by atoms with E-state index in [-0.39, 0.29) is 12.6 Å². The molecule has 94 valence electrons. The molecular weight excluding hydrogens is 204 g/mol. The predicted octanol–water partition coefficient (Wildman–Crippen LogP) is 3.64. The molecule has 0 N–H and O–H groups in total. The zero-order valence-electron chi connectivity index (χ0n) is 10.8. The Bertz CT molecular complexity index is 204. The lowest BCUT2D eigenvalue weighted by Crippen LogP contribution is -2.06. The van der Waals surface area contributed by atoms with Gasteiger partial charge in [0.1, 0.15) is 6.61 Å². The topological polar surface area (TPSA) is 35.5 Å². The molecule has 0 unspecified atom stereocenters. The molecule has 0 rings (SSSR count). The minimum Gasteiger partial charge on any atom is -0.298 e. The molecule has 16 heavy (non-hydrogen) atoms. The molecule has 3 nitrogen and oxygen atoms in total. The molecule has 0 aromatic heterocycles. The molecule has 0 heterocycles. The molecule has 0 fully saturated rings. The molecular formula is C13H24O3. The lowest BCUT2D eigenvalue weighted by molar-refractivity contribution is -0.265. The molecule has 0 saturated carbocycles. The summed E-state index contributed by atoms with van der Waals surface area (Å²) in [6, 6.07) is 0. The minimum atomic E-state index is -0.294. The minimum absolute atomic E-state index is 0.246. The van der Waals surface area contributed by atoms with Gasteiger partial charge < -0.3 is 0 Å². The van der Waals surface area contributed by atoms with Crippen LogP contribution in [-0.2, 0) is 14.6 Å². The summed E-state index contributed by atoms with van der Waals surface area (Å²) in [6.45, 7) is 10.4.